The molecule has 1 amide bonds. The Morgan fingerprint density at radius 1 is 1.33 bits per heavy atom. The smallest absolute Gasteiger partial charge is 0.220 e. The van der Waals surface area contributed by atoms with Gasteiger partial charge in [-0.3, -0.25) is 4.79 Å². The lowest BCUT2D eigenvalue weighted by Gasteiger charge is -2.31. The van der Waals surface area contributed by atoms with Gasteiger partial charge in [0, 0.05) is 18.0 Å². The zero-order valence-corrected chi connectivity index (χ0v) is 14.7. The number of aromatic nitrogens is 1. The Bertz CT molecular complexity index is 435. The largest absolute Gasteiger partial charge is 0.345 e. The summed E-state index contributed by atoms with van der Waals surface area (Å²) >= 11 is 1.57. The Kier molecular flexibility index (Phi) is 6.35. The zero-order chi connectivity index (χ0) is 16.1. The molecular weight excluding hydrogens is 282 g/mol. The predicted molar refractivity (Wildman–Crippen MR) is 89.1 cm³/mol. The molecule has 0 aliphatic carbocycles. The quantitative estimate of drug-likeness (QED) is 0.812. The van der Waals surface area contributed by atoms with Gasteiger partial charge in [-0.25, -0.2) is 4.98 Å². The summed E-state index contributed by atoms with van der Waals surface area (Å²) in [5, 5.41) is 5.95. The molecule has 0 aliphatic heterocycles. The molecule has 0 fully saturated rings. The highest BCUT2D eigenvalue weighted by Gasteiger charge is 2.27. The number of rotatable bonds is 7. The van der Waals surface area contributed by atoms with Crippen LogP contribution in [0.2, 0.25) is 0 Å². The predicted octanol–water partition coefficient (Wildman–Crippen LogP) is 3.29. The lowest BCUT2D eigenvalue weighted by Crippen LogP contribution is -2.41. The molecule has 3 N–H and O–H groups in total. The van der Waals surface area contributed by atoms with Crippen LogP contribution in [0.4, 0.5) is 0 Å². The average molecular weight is 311 g/mol. The van der Waals surface area contributed by atoms with Crippen molar-refractivity contribution in [2.24, 2.45) is 17.1 Å². The van der Waals surface area contributed by atoms with Gasteiger partial charge in [0.1, 0.15) is 5.01 Å². The minimum atomic E-state index is -0.406. The third kappa shape index (κ3) is 5.75. The molecule has 0 saturated heterocycles. The van der Waals surface area contributed by atoms with Gasteiger partial charge < -0.3 is 11.1 Å². The van der Waals surface area contributed by atoms with E-state index in [4.69, 9.17) is 5.73 Å². The second-order valence-corrected chi connectivity index (χ2v) is 8.08. The van der Waals surface area contributed by atoms with Crippen LogP contribution >= 0.6 is 11.3 Å². The van der Waals surface area contributed by atoms with E-state index in [1.807, 2.05) is 19.2 Å². The number of hydrogen-bond donors (Lipinski definition) is 2. The number of carbonyl (C=O) groups excluding carboxylic acids is 1. The van der Waals surface area contributed by atoms with E-state index in [1.54, 1.807) is 17.5 Å². The summed E-state index contributed by atoms with van der Waals surface area (Å²) in [6.07, 6.45) is 4.15. The molecule has 21 heavy (non-hydrogen) atoms. The minimum Gasteiger partial charge on any atom is -0.345 e. The van der Waals surface area contributed by atoms with E-state index in [9.17, 15) is 4.79 Å². The van der Waals surface area contributed by atoms with Gasteiger partial charge in [-0.15, -0.1) is 11.3 Å². The van der Waals surface area contributed by atoms with Crippen LogP contribution in [0.15, 0.2) is 11.6 Å². The van der Waals surface area contributed by atoms with Crippen molar-refractivity contribution in [3.05, 3.63) is 16.6 Å². The van der Waals surface area contributed by atoms with Crippen molar-refractivity contribution in [2.75, 3.05) is 6.54 Å². The summed E-state index contributed by atoms with van der Waals surface area (Å²) in [6, 6.07) is 0. The standard InChI is InChI=1S/C16H29N3OS/c1-15(2,3)12(8-9-17)6-7-13(20)19-16(4,5)14-18-10-11-21-14/h10-12H,6-9,17H2,1-5H3,(H,19,20). The van der Waals surface area contributed by atoms with Gasteiger partial charge in [0.15, 0.2) is 0 Å². The van der Waals surface area contributed by atoms with Gasteiger partial charge in [-0.05, 0) is 44.6 Å². The Morgan fingerprint density at radius 2 is 2.00 bits per heavy atom. The van der Waals surface area contributed by atoms with Crippen molar-refractivity contribution in [3.63, 3.8) is 0 Å². The SMILES string of the molecule is CC(C)(NC(=O)CCC(CCN)C(C)(C)C)c1nccs1. The fraction of sp³-hybridized carbons (Fsp3) is 0.750. The molecule has 4 nitrogen and oxygen atoms in total. The fourth-order valence-corrected chi connectivity index (χ4v) is 3.23. The third-order valence-corrected chi connectivity index (χ3v) is 4.98. The summed E-state index contributed by atoms with van der Waals surface area (Å²) in [7, 11) is 0. The lowest BCUT2D eigenvalue weighted by atomic mass is 9.76. The topological polar surface area (TPSA) is 68.0 Å². The molecule has 1 unspecified atom stereocenters. The number of thiazole rings is 1. The van der Waals surface area contributed by atoms with E-state index in [1.165, 1.54) is 0 Å². The normalized spacial score (nSPS) is 14.0. The molecule has 1 aromatic rings. The molecule has 1 aromatic heterocycles. The van der Waals surface area contributed by atoms with E-state index < -0.39 is 5.54 Å². The number of nitrogens with two attached hydrogens (primary N) is 1. The molecule has 0 aliphatic rings. The van der Waals surface area contributed by atoms with Crippen molar-refractivity contribution < 1.29 is 4.79 Å². The molecule has 0 spiro atoms. The highest BCUT2D eigenvalue weighted by atomic mass is 32.1. The van der Waals surface area contributed by atoms with Gasteiger partial charge in [0.05, 0.1) is 5.54 Å². The number of carbonyl (C=O) groups is 1. The van der Waals surface area contributed by atoms with Crippen LogP contribution in [0, 0.1) is 11.3 Å². The summed E-state index contributed by atoms with van der Waals surface area (Å²) in [4.78, 5) is 16.5. The first-order valence-electron chi connectivity index (χ1n) is 7.58. The minimum absolute atomic E-state index is 0.0847. The highest BCUT2D eigenvalue weighted by molar-refractivity contribution is 7.09. The van der Waals surface area contributed by atoms with Crippen LogP contribution in [0.5, 0.6) is 0 Å². The Morgan fingerprint density at radius 3 is 2.48 bits per heavy atom. The maximum Gasteiger partial charge on any atom is 0.220 e. The molecule has 0 aromatic carbocycles. The number of amides is 1. The van der Waals surface area contributed by atoms with Crippen molar-refractivity contribution in [3.8, 4) is 0 Å². The maximum atomic E-state index is 12.2. The van der Waals surface area contributed by atoms with Crippen LogP contribution in [-0.2, 0) is 10.3 Å². The Labute approximate surface area is 132 Å². The molecule has 1 heterocycles. The molecular formula is C16H29N3OS. The molecule has 0 saturated carbocycles. The molecule has 1 atom stereocenters. The van der Waals surface area contributed by atoms with Gasteiger partial charge >= 0.3 is 0 Å². The molecule has 5 heteroatoms. The van der Waals surface area contributed by atoms with Gasteiger partial charge in [0.2, 0.25) is 5.91 Å². The van der Waals surface area contributed by atoms with Gasteiger partial charge in [-0.1, -0.05) is 20.8 Å². The summed E-state index contributed by atoms with van der Waals surface area (Å²) in [5.41, 5.74) is 5.47. The van der Waals surface area contributed by atoms with Gasteiger partial charge in [0.25, 0.3) is 0 Å². The zero-order valence-electron chi connectivity index (χ0n) is 13.9. The first kappa shape index (κ1) is 18.1. The van der Waals surface area contributed by atoms with Gasteiger partial charge in [-0.2, -0.15) is 0 Å². The van der Waals surface area contributed by atoms with Crippen LogP contribution < -0.4 is 11.1 Å². The molecule has 120 valence electrons. The van der Waals surface area contributed by atoms with Crippen LogP contribution in [0.25, 0.3) is 0 Å². The molecule has 0 radical (unpaired) electrons. The van der Waals surface area contributed by atoms with Crippen LogP contribution in [0.1, 0.15) is 58.9 Å². The number of nitrogens with zero attached hydrogens (tertiary/aromatic N) is 1. The van der Waals surface area contributed by atoms with E-state index in [2.05, 4.69) is 31.1 Å². The Balaban J connectivity index is 2.53. The summed E-state index contributed by atoms with van der Waals surface area (Å²) in [6.45, 7) is 11.3. The third-order valence-electron chi connectivity index (χ3n) is 3.88. The van der Waals surface area contributed by atoms with Crippen molar-refractivity contribution in [1.82, 2.24) is 10.3 Å². The van der Waals surface area contributed by atoms with Crippen LogP contribution in [0.3, 0.4) is 0 Å². The number of hydrogen-bond acceptors (Lipinski definition) is 4. The molecule has 0 bridgehead atoms. The maximum absolute atomic E-state index is 12.2. The monoisotopic (exact) mass is 311 g/mol. The summed E-state index contributed by atoms with van der Waals surface area (Å²) < 4.78 is 0. The Hall–Kier alpha value is -0.940. The first-order valence-corrected chi connectivity index (χ1v) is 8.46. The van der Waals surface area contributed by atoms with E-state index in [0.717, 1.165) is 17.8 Å². The first-order chi connectivity index (χ1) is 9.66. The van der Waals surface area contributed by atoms with E-state index in [0.29, 0.717) is 18.9 Å². The second kappa shape index (κ2) is 7.36. The van der Waals surface area contributed by atoms with E-state index >= 15 is 0 Å². The van der Waals surface area contributed by atoms with Crippen molar-refractivity contribution in [1.29, 1.82) is 0 Å². The highest BCUT2D eigenvalue weighted by Crippen LogP contribution is 2.32. The average Bonchev–Trinajstić information content (AvgIpc) is 2.86. The van der Waals surface area contributed by atoms with Crippen LogP contribution in [-0.4, -0.2) is 17.4 Å². The molecule has 1 rings (SSSR count). The van der Waals surface area contributed by atoms with Crippen molar-refractivity contribution >= 4 is 17.2 Å². The van der Waals surface area contributed by atoms with E-state index in [-0.39, 0.29) is 11.3 Å². The second-order valence-electron chi connectivity index (χ2n) is 7.19. The van der Waals surface area contributed by atoms with Crippen molar-refractivity contribution in [2.45, 2.75) is 59.4 Å². The lowest BCUT2D eigenvalue weighted by molar-refractivity contribution is -0.123. The summed E-state index contributed by atoms with van der Waals surface area (Å²) in [5.74, 6) is 0.553. The number of nitrogens with one attached hydrogen (secondary N) is 1. The fourth-order valence-electron chi connectivity index (χ4n) is 2.51.